The fourth-order valence-corrected chi connectivity index (χ4v) is 11.5. The van der Waals surface area contributed by atoms with Gasteiger partial charge in [-0.15, -0.1) is 0 Å². The van der Waals surface area contributed by atoms with Crippen LogP contribution in [0.5, 0.6) is 0 Å². The van der Waals surface area contributed by atoms with Gasteiger partial charge in [0.1, 0.15) is 66.7 Å². The van der Waals surface area contributed by atoms with E-state index in [1.807, 2.05) is 0 Å². The van der Waals surface area contributed by atoms with Gasteiger partial charge in [0.25, 0.3) is 0 Å². The molecule has 3 atom stereocenters. The van der Waals surface area contributed by atoms with Crippen molar-refractivity contribution in [2.75, 3.05) is 157 Å². The van der Waals surface area contributed by atoms with E-state index in [2.05, 4.69) is 30.6 Å². The summed E-state index contributed by atoms with van der Waals surface area (Å²) < 4.78 is 142. The number of carbonyl (C=O) groups is 4. The zero-order valence-electron chi connectivity index (χ0n) is 40.7. The van der Waals surface area contributed by atoms with Crippen molar-refractivity contribution in [1.82, 2.24) is 21.3 Å². The molecule has 0 aliphatic heterocycles. The minimum absolute atomic E-state index is 0.00285. The first-order valence-corrected chi connectivity index (χ1v) is 29.0. The molecule has 0 aromatic carbocycles. The highest BCUT2D eigenvalue weighted by Crippen LogP contribution is 2.14. The van der Waals surface area contributed by atoms with E-state index in [1.54, 1.807) is 21.1 Å². The molecule has 408 valence electrons. The monoisotopic (exact) mass is 1100 g/mol. The number of hydrogen-bond acceptors (Lipinski definition) is 20. The number of nitrogens with one attached hydrogen (secondary N) is 4. The number of nitrogens with zero attached hydrogens (tertiary/aromatic N) is 5. The molecule has 0 spiro atoms. The van der Waals surface area contributed by atoms with Gasteiger partial charge in [-0.2, -0.15) is 4.33 Å². The minimum Gasteiger partial charge on any atom is -0.744 e. The molecule has 0 rings (SSSR count). The van der Waals surface area contributed by atoms with E-state index in [0.717, 1.165) is 12.0 Å². The average molecular weight is 1100 g/mol. The lowest BCUT2D eigenvalue weighted by Gasteiger charge is -2.38. The fourth-order valence-electron chi connectivity index (χ4n) is 6.99. The standard InChI is InChI=1S/C36H75N9O19S5/c1-41(2,28-65-64-63-50)24-26-44(6,31-68(57,58)59)22-18-39-35(48)14-10-8-12-33(46)37-16-20-43(5,30-67(54,55)56)21-17-38-34(47)13-9-11-15-36(49)40-19-23-45(7,32-69(60,61)62)27-25-42(3,4)29-66(51,52)53/h8-32H2,1-7H3,(H4-5,37,38,39,40,46,47,48,49,50,51,52,53,54,55,56,57,58,59,60,61,62). The van der Waals surface area contributed by atoms with Crippen LogP contribution in [0.3, 0.4) is 0 Å². The highest BCUT2D eigenvalue weighted by molar-refractivity contribution is 7.94. The SMILES string of the molecule is C[N+](C)(CC[N+](C)(CCNC(=O)CCCCC(=O)NCC[N+](C)(CCNC(=O)CCCCC(=O)NCC[N+](C)(CC[N+](C)(C)CS(=O)(=O)[O-])CS(=O)(=O)[O-])CS(=O)(=O)[O-])CS(=O)(=O)[O-])CSOO[O-]. The van der Waals surface area contributed by atoms with Crippen LogP contribution in [0, 0.1) is 0 Å². The van der Waals surface area contributed by atoms with Crippen LogP contribution in [0.2, 0.25) is 0 Å². The molecule has 0 saturated heterocycles. The summed E-state index contributed by atoms with van der Waals surface area (Å²) >= 11 is 0.768. The minimum atomic E-state index is -4.72. The van der Waals surface area contributed by atoms with Gasteiger partial charge in [0.2, 0.25) is 23.6 Å². The van der Waals surface area contributed by atoms with Crippen LogP contribution in [0.25, 0.3) is 0 Å². The first-order chi connectivity index (χ1) is 31.3. The summed E-state index contributed by atoms with van der Waals surface area (Å²) in [5, 5.41) is 24.0. The second-order valence-corrected chi connectivity index (χ2v) is 25.6. The predicted molar refractivity (Wildman–Crippen MR) is 244 cm³/mol. The third kappa shape index (κ3) is 37.9. The zero-order valence-corrected chi connectivity index (χ0v) is 44.8. The molecule has 69 heavy (non-hydrogen) atoms. The molecule has 0 bridgehead atoms. The summed E-state index contributed by atoms with van der Waals surface area (Å²) in [6.45, 7) is 0.941. The Hall–Kier alpha value is -2.45. The van der Waals surface area contributed by atoms with Crippen LogP contribution in [0.4, 0.5) is 0 Å². The van der Waals surface area contributed by atoms with Gasteiger partial charge in [0, 0.05) is 25.7 Å². The van der Waals surface area contributed by atoms with Crippen molar-refractivity contribution in [3.63, 3.8) is 0 Å². The van der Waals surface area contributed by atoms with Crippen molar-refractivity contribution in [2.45, 2.75) is 51.4 Å². The molecule has 28 nitrogen and oxygen atoms in total. The predicted octanol–water partition coefficient (Wildman–Crippen LogP) is -5.10. The van der Waals surface area contributed by atoms with Crippen LogP contribution < -0.4 is 26.5 Å². The molecule has 33 heteroatoms. The first-order valence-electron chi connectivity index (χ1n) is 21.8. The summed E-state index contributed by atoms with van der Waals surface area (Å²) in [7, 11) is -7.55. The van der Waals surface area contributed by atoms with Crippen molar-refractivity contribution in [2.24, 2.45) is 0 Å². The van der Waals surface area contributed by atoms with E-state index in [1.165, 1.54) is 28.2 Å². The van der Waals surface area contributed by atoms with Crippen LogP contribution in [-0.2, 0) is 69.0 Å². The summed E-state index contributed by atoms with van der Waals surface area (Å²) in [5.41, 5.74) is 0. The van der Waals surface area contributed by atoms with Gasteiger partial charge in [-0.3, -0.25) is 24.2 Å². The normalized spacial score (nSPS) is 15.6. The number of likely N-dealkylation sites (N-methyl/N-ethyl adjacent to an activating group) is 5. The lowest BCUT2D eigenvalue weighted by molar-refractivity contribution is -0.944. The molecule has 0 heterocycles. The van der Waals surface area contributed by atoms with Gasteiger partial charge in [-0.25, -0.2) is 33.7 Å². The van der Waals surface area contributed by atoms with E-state index in [9.17, 15) is 76.3 Å². The molecule has 0 aromatic rings. The Morgan fingerprint density at radius 1 is 0.420 bits per heavy atom. The molecule has 0 radical (unpaired) electrons. The fraction of sp³-hybridized carbons (Fsp3) is 0.889. The van der Waals surface area contributed by atoms with Crippen molar-refractivity contribution in [3.8, 4) is 0 Å². The summed E-state index contributed by atoms with van der Waals surface area (Å²) in [4.78, 5) is 49.9. The third-order valence-corrected chi connectivity index (χ3v) is 15.7. The van der Waals surface area contributed by atoms with E-state index in [0.29, 0.717) is 42.6 Å². The number of quaternary nitrogens is 5. The number of amides is 4. The Morgan fingerprint density at radius 2 is 0.681 bits per heavy atom. The smallest absolute Gasteiger partial charge is 0.220 e. The first kappa shape index (κ1) is 66.6. The maximum atomic E-state index is 12.5. The van der Waals surface area contributed by atoms with Crippen LogP contribution >= 0.6 is 12.0 Å². The van der Waals surface area contributed by atoms with Gasteiger partial charge >= 0.3 is 0 Å². The molecule has 4 amide bonds. The maximum Gasteiger partial charge on any atom is 0.220 e. The second kappa shape index (κ2) is 29.9. The summed E-state index contributed by atoms with van der Waals surface area (Å²) in [5.74, 6) is -4.32. The molecule has 0 aromatic heterocycles. The topological polar surface area (TPSA) is 387 Å². The highest BCUT2D eigenvalue weighted by Gasteiger charge is 2.31. The number of unbranched alkanes of at least 4 members (excludes halogenated alkanes) is 2. The quantitative estimate of drug-likeness (QED) is 0.00848. The largest absolute Gasteiger partial charge is 0.744 e. The van der Waals surface area contributed by atoms with E-state index in [4.69, 9.17) is 0 Å². The zero-order chi connectivity index (χ0) is 53.4. The van der Waals surface area contributed by atoms with Crippen LogP contribution in [0.1, 0.15) is 51.4 Å². The van der Waals surface area contributed by atoms with E-state index >= 15 is 0 Å². The Bertz CT molecular complexity index is 2090. The van der Waals surface area contributed by atoms with Crippen molar-refractivity contribution < 1.29 is 108 Å². The Kier molecular flexibility index (Phi) is 28.9. The van der Waals surface area contributed by atoms with Crippen LogP contribution in [-0.4, -0.2) is 255 Å². The van der Waals surface area contributed by atoms with Gasteiger partial charge in [-0.1, -0.05) is 0 Å². The molecule has 3 unspecified atom stereocenters. The maximum absolute atomic E-state index is 12.5. The molecule has 0 aliphatic carbocycles. The number of hydrogen-bond donors (Lipinski definition) is 4. The summed E-state index contributed by atoms with van der Waals surface area (Å²) in [6, 6.07) is 0. The van der Waals surface area contributed by atoms with Gasteiger partial charge in [0.05, 0.1) is 114 Å². The van der Waals surface area contributed by atoms with E-state index < -0.39 is 75.8 Å². The van der Waals surface area contributed by atoms with Gasteiger partial charge in [-0.05, 0) is 25.7 Å². The Morgan fingerprint density at radius 3 is 0.942 bits per heavy atom. The third-order valence-electron chi connectivity index (χ3n) is 10.9. The molecule has 0 aliphatic rings. The number of carbonyl (C=O) groups excluding carboxylic acids is 4. The van der Waals surface area contributed by atoms with Gasteiger partial charge < -0.3 is 67.2 Å². The Balaban J connectivity index is 4.76. The molecule has 0 fully saturated rings. The molecular weight excluding hydrogens is 1020 g/mol. The molecular formula is C36H75N9O19S5. The lowest BCUT2D eigenvalue weighted by atomic mass is 10.2. The number of rotatable bonds is 40. The average Bonchev–Trinajstić information content (AvgIpc) is 3.14. The molecule has 4 N–H and O–H groups in total. The van der Waals surface area contributed by atoms with E-state index in [-0.39, 0.29) is 127 Å². The lowest BCUT2D eigenvalue weighted by Crippen LogP contribution is -2.57. The molecule has 0 saturated carbocycles. The van der Waals surface area contributed by atoms with Crippen molar-refractivity contribution in [1.29, 1.82) is 0 Å². The Labute approximate surface area is 412 Å². The highest BCUT2D eigenvalue weighted by atomic mass is 32.2. The van der Waals surface area contributed by atoms with Crippen molar-refractivity contribution >= 4 is 76.1 Å². The van der Waals surface area contributed by atoms with Gasteiger partial charge in [0.15, 0.2) is 29.4 Å². The second-order valence-electron chi connectivity index (χ2n) is 19.5. The van der Waals surface area contributed by atoms with Crippen LogP contribution in [0.15, 0.2) is 0 Å². The summed E-state index contributed by atoms with van der Waals surface area (Å²) in [6.07, 6.45) is 1.38. The van der Waals surface area contributed by atoms with Crippen molar-refractivity contribution in [3.05, 3.63) is 0 Å².